The van der Waals surface area contributed by atoms with Crippen molar-refractivity contribution in [2.45, 2.75) is 13.8 Å². The second-order valence-corrected chi connectivity index (χ2v) is 4.52. The number of hydrazone groups is 1. The number of carbonyl (C=O) groups excluding carboxylic acids is 1. The SMILES string of the molecule is C/C(=N/NC(=O)c1ccccc1F)c1c(O)cc(C)oc1=O. The number of aromatic hydroxyl groups is 1. The minimum atomic E-state index is -0.779. The molecule has 1 amide bonds. The van der Waals surface area contributed by atoms with Crippen molar-refractivity contribution in [1.29, 1.82) is 0 Å². The van der Waals surface area contributed by atoms with Crippen molar-refractivity contribution in [1.82, 2.24) is 5.43 Å². The standard InChI is InChI=1S/C15H13FN2O4/c1-8-7-12(19)13(15(21)22-8)9(2)17-18-14(20)10-5-3-4-6-11(10)16/h3-7,19H,1-2H3,(H,18,20)/b17-9-. The van der Waals surface area contributed by atoms with Crippen LogP contribution < -0.4 is 11.1 Å². The molecule has 2 rings (SSSR count). The number of rotatable bonds is 3. The number of hydrogen-bond donors (Lipinski definition) is 2. The first-order chi connectivity index (χ1) is 10.4. The molecule has 6 nitrogen and oxygen atoms in total. The fraction of sp³-hybridized carbons (Fsp3) is 0.133. The zero-order valence-electron chi connectivity index (χ0n) is 11.9. The zero-order chi connectivity index (χ0) is 16.3. The normalized spacial score (nSPS) is 11.3. The highest BCUT2D eigenvalue weighted by atomic mass is 19.1. The van der Waals surface area contributed by atoms with Gasteiger partial charge in [0.15, 0.2) is 0 Å². The van der Waals surface area contributed by atoms with E-state index in [1.807, 2.05) is 0 Å². The van der Waals surface area contributed by atoms with Crippen molar-refractivity contribution in [3.05, 3.63) is 63.5 Å². The predicted octanol–water partition coefficient (Wildman–Crippen LogP) is 1.95. The summed E-state index contributed by atoms with van der Waals surface area (Å²) in [7, 11) is 0. The van der Waals surface area contributed by atoms with E-state index in [0.717, 1.165) is 6.07 Å². The number of amides is 1. The zero-order valence-corrected chi connectivity index (χ0v) is 11.9. The first-order valence-electron chi connectivity index (χ1n) is 6.33. The van der Waals surface area contributed by atoms with E-state index in [0.29, 0.717) is 0 Å². The van der Waals surface area contributed by atoms with Crippen LogP contribution in [-0.4, -0.2) is 16.7 Å². The van der Waals surface area contributed by atoms with E-state index in [2.05, 4.69) is 10.5 Å². The molecule has 0 unspecified atom stereocenters. The third-order valence-electron chi connectivity index (χ3n) is 2.86. The molecule has 0 radical (unpaired) electrons. The summed E-state index contributed by atoms with van der Waals surface area (Å²) in [4.78, 5) is 23.5. The first kappa shape index (κ1) is 15.4. The van der Waals surface area contributed by atoms with E-state index in [4.69, 9.17) is 4.42 Å². The van der Waals surface area contributed by atoms with Crippen LogP contribution in [0.25, 0.3) is 0 Å². The van der Waals surface area contributed by atoms with E-state index in [1.165, 1.54) is 38.1 Å². The lowest BCUT2D eigenvalue weighted by molar-refractivity contribution is 0.0950. The van der Waals surface area contributed by atoms with Crippen LogP contribution in [0.4, 0.5) is 4.39 Å². The average molecular weight is 304 g/mol. The number of aryl methyl sites for hydroxylation is 1. The van der Waals surface area contributed by atoms with E-state index >= 15 is 0 Å². The average Bonchev–Trinajstić information content (AvgIpc) is 2.44. The second kappa shape index (κ2) is 6.21. The molecule has 1 aromatic carbocycles. The quantitative estimate of drug-likeness (QED) is 0.669. The van der Waals surface area contributed by atoms with Gasteiger partial charge in [-0.15, -0.1) is 0 Å². The summed E-state index contributed by atoms with van der Waals surface area (Å²) in [6.07, 6.45) is 0. The summed E-state index contributed by atoms with van der Waals surface area (Å²) < 4.78 is 18.3. The van der Waals surface area contributed by atoms with Gasteiger partial charge in [0.1, 0.15) is 22.9 Å². The Morgan fingerprint density at radius 3 is 2.68 bits per heavy atom. The van der Waals surface area contributed by atoms with Gasteiger partial charge in [-0.25, -0.2) is 14.6 Å². The Bertz CT molecular complexity index is 811. The third kappa shape index (κ3) is 3.20. The Labute approximate surface area is 124 Å². The molecule has 2 N–H and O–H groups in total. The van der Waals surface area contributed by atoms with Crippen LogP contribution in [-0.2, 0) is 0 Å². The highest BCUT2D eigenvalue weighted by molar-refractivity contribution is 6.02. The lowest BCUT2D eigenvalue weighted by Gasteiger charge is -2.05. The molecule has 0 spiro atoms. The van der Waals surface area contributed by atoms with E-state index in [-0.39, 0.29) is 28.3 Å². The van der Waals surface area contributed by atoms with Gasteiger partial charge < -0.3 is 9.52 Å². The summed E-state index contributed by atoms with van der Waals surface area (Å²) in [5.74, 6) is -1.52. The highest BCUT2D eigenvalue weighted by Crippen LogP contribution is 2.15. The molecule has 0 bridgehead atoms. The predicted molar refractivity (Wildman–Crippen MR) is 77.5 cm³/mol. The van der Waals surface area contributed by atoms with Gasteiger partial charge in [-0.2, -0.15) is 5.10 Å². The minimum absolute atomic E-state index is 0.0379. The van der Waals surface area contributed by atoms with Gasteiger partial charge >= 0.3 is 5.63 Å². The van der Waals surface area contributed by atoms with Crippen LogP contribution in [0.1, 0.15) is 28.6 Å². The summed E-state index contributed by atoms with van der Waals surface area (Å²) in [6.45, 7) is 2.92. The molecule has 0 aliphatic carbocycles. The van der Waals surface area contributed by atoms with Gasteiger partial charge in [-0.1, -0.05) is 12.1 Å². The van der Waals surface area contributed by atoms with Gasteiger partial charge in [0.25, 0.3) is 5.91 Å². The van der Waals surface area contributed by atoms with Gasteiger partial charge in [0.2, 0.25) is 0 Å². The Morgan fingerprint density at radius 1 is 1.36 bits per heavy atom. The fourth-order valence-electron chi connectivity index (χ4n) is 1.83. The molecule has 2 aromatic rings. The van der Waals surface area contributed by atoms with Gasteiger partial charge in [-0.3, -0.25) is 4.79 Å². The van der Waals surface area contributed by atoms with Crippen LogP contribution in [0.3, 0.4) is 0 Å². The molecule has 0 aliphatic heterocycles. The van der Waals surface area contributed by atoms with Crippen molar-refractivity contribution in [2.24, 2.45) is 5.10 Å². The largest absolute Gasteiger partial charge is 0.507 e. The molecule has 0 aliphatic rings. The Hall–Kier alpha value is -2.96. The fourth-order valence-corrected chi connectivity index (χ4v) is 1.83. The lowest BCUT2D eigenvalue weighted by Crippen LogP contribution is -2.22. The van der Waals surface area contributed by atoms with Crippen molar-refractivity contribution >= 4 is 11.6 Å². The number of benzene rings is 1. The van der Waals surface area contributed by atoms with E-state index in [9.17, 15) is 19.1 Å². The molecule has 22 heavy (non-hydrogen) atoms. The molecular weight excluding hydrogens is 291 g/mol. The summed E-state index contributed by atoms with van der Waals surface area (Å²) >= 11 is 0. The van der Waals surface area contributed by atoms with E-state index in [1.54, 1.807) is 0 Å². The molecule has 1 aromatic heterocycles. The molecule has 1 heterocycles. The summed E-state index contributed by atoms with van der Waals surface area (Å²) in [5, 5.41) is 13.4. The monoisotopic (exact) mass is 304 g/mol. The lowest BCUT2D eigenvalue weighted by atomic mass is 10.2. The van der Waals surface area contributed by atoms with Crippen molar-refractivity contribution in [3.63, 3.8) is 0 Å². The second-order valence-electron chi connectivity index (χ2n) is 4.52. The van der Waals surface area contributed by atoms with Crippen LogP contribution in [0.5, 0.6) is 5.75 Å². The maximum absolute atomic E-state index is 13.4. The Morgan fingerprint density at radius 2 is 2.05 bits per heavy atom. The Kier molecular flexibility index (Phi) is 4.36. The topological polar surface area (TPSA) is 91.9 Å². The molecule has 7 heteroatoms. The van der Waals surface area contributed by atoms with Gasteiger partial charge in [0.05, 0.1) is 11.3 Å². The third-order valence-corrected chi connectivity index (χ3v) is 2.86. The molecular formula is C15H13FN2O4. The minimum Gasteiger partial charge on any atom is -0.507 e. The molecule has 114 valence electrons. The number of nitrogens with zero attached hydrogens (tertiary/aromatic N) is 1. The Balaban J connectivity index is 2.26. The first-order valence-corrected chi connectivity index (χ1v) is 6.33. The van der Waals surface area contributed by atoms with Crippen molar-refractivity contribution in [3.8, 4) is 5.75 Å². The van der Waals surface area contributed by atoms with Crippen LogP contribution in [0.15, 0.2) is 44.6 Å². The van der Waals surface area contributed by atoms with Crippen LogP contribution in [0, 0.1) is 12.7 Å². The van der Waals surface area contributed by atoms with Gasteiger partial charge in [-0.05, 0) is 26.0 Å². The maximum Gasteiger partial charge on any atom is 0.348 e. The molecule has 0 saturated carbocycles. The molecule has 0 saturated heterocycles. The smallest absolute Gasteiger partial charge is 0.348 e. The van der Waals surface area contributed by atoms with Crippen molar-refractivity contribution < 1.29 is 18.7 Å². The van der Waals surface area contributed by atoms with Crippen LogP contribution >= 0.6 is 0 Å². The number of halogens is 1. The molecule has 0 fully saturated rings. The summed E-state index contributed by atoms with van der Waals surface area (Å²) in [5.41, 5.74) is 1.04. The van der Waals surface area contributed by atoms with Crippen molar-refractivity contribution in [2.75, 3.05) is 0 Å². The number of nitrogens with one attached hydrogen (secondary N) is 1. The van der Waals surface area contributed by atoms with Gasteiger partial charge in [0, 0.05) is 6.07 Å². The number of carbonyl (C=O) groups is 1. The molecule has 0 atom stereocenters. The number of hydrogen-bond acceptors (Lipinski definition) is 5. The maximum atomic E-state index is 13.4. The van der Waals surface area contributed by atoms with E-state index < -0.39 is 17.3 Å². The summed E-state index contributed by atoms with van der Waals surface area (Å²) in [6, 6.07) is 6.67. The van der Waals surface area contributed by atoms with Crippen LogP contribution in [0.2, 0.25) is 0 Å². The highest BCUT2D eigenvalue weighted by Gasteiger charge is 2.14.